The van der Waals surface area contributed by atoms with Crippen LogP contribution in [0.15, 0.2) is 30.3 Å². The summed E-state index contributed by atoms with van der Waals surface area (Å²) in [5, 5.41) is 3.39. The molecule has 1 amide bonds. The number of benzene rings is 1. The molecule has 150 valence electrons. The molecule has 3 aliphatic rings. The van der Waals surface area contributed by atoms with Crippen molar-refractivity contribution < 1.29 is 13.2 Å². The first-order valence-corrected chi connectivity index (χ1v) is 11.1. The highest BCUT2D eigenvalue weighted by molar-refractivity contribution is 7.88. The van der Waals surface area contributed by atoms with E-state index in [0.29, 0.717) is 24.9 Å². The van der Waals surface area contributed by atoms with Gasteiger partial charge in [-0.05, 0) is 30.2 Å². The van der Waals surface area contributed by atoms with E-state index in [1.165, 1.54) is 4.31 Å². The van der Waals surface area contributed by atoms with Crippen LogP contribution in [0.3, 0.4) is 0 Å². The standard InChI is InChI=1S/C19H27N3O3S.ClH/c23-19(21-11-17-9-20-10-18(17)12-21)16-7-4-8-22(13-16)26(24,25)14-15-5-2-1-3-6-15;/h1-3,5-6,16-18,20H,4,7-14H2;1H/t16?,17-,18+;. The fourth-order valence-electron chi connectivity index (χ4n) is 4.57. The summed E-state index contributed by atoms with van der Waals surface area (Å²) in [5.74, 6) is 1.11. The molecular weight excluding hydrogens is 386 g/mol. The van der Waals surface area contributed by atoms with Gasteiger partial charge in [0.15, 0.2) is 0 Å². The van der Waals surface area contributed by atoms with Crippen molar-refractivity contribution in [3.63, 3.8) is 0 Å². The molecule has 3 atom stereocenters. The number of carbonyl (C=O) groups is 1. The third-order valence-corrected chi connectivity index (χ3v) is 7.84. The van der Waals surface area contributed by atoms with Crippen LogP contribution in [0.25, 0.3) is 0 Å². The van der Waals surface area contributed by atoms with Crippen LogP contribution in [0.4, 0.5) is 0 Å². The molecule has 1 aromatic carbocycles. The highest BCUT2D eigenvalue weighted by Crippen LogP contribution is 2.30. The normalized spacial score (nSPS) is 28.6. The lowest BCUT2D eigenvalue weighted by molar-refractivity contribution is -0.135. The number of nitrogens with zero attached hydrogens (tertiary/aromatic N) is 2. The van der Waals surface area contributed by atoms with E-state index in [1.54, 1.807) is 0 Å². The molecule has 3 fully saturated rings. The molecule has 6 nitrogen and oxygen atoms in total. The zero-order valence-corrected chi connectivity index (χ0v) is 17.1. The van der Waals surface area contributed by atoms with Crippen molar-refractivity contribution in [1.82, 2.24) is 14.5 Å². The van der Waals surface area contributed by atoms with E-state index in [-0.39, 0.29) is 30.0 Å². The topological polar surface area (TPSA) is 69.7 Å². The minimum Gasteiger partial charge on any atom is -0.342 e. The quantitative estimate of drug-likeness (QED) is 0.808. The summed E-state index contributed by atoms with van der Waals surface area (Å²) >= 11 is 0. The molecule has 0 saturated carbocycles. The molecule has 1 N–H and O–H groups in total. The number of nitrogens with one attached hydrogen (secondary N) is 1. The van der Waals surface area contributed by atoms with Crippen LogP contribution in [0.5, 0.6) is 0 Å². The van der Waals surface area contributed by atoms with Crippen LogP contribution in [-0.4, -0.2) is 62.8 Å². The maximum absolute atomic E-state index is 12.9. The van der Waals surface area contributed by atoms with Gasteiger partial charge in [-0.1, -0.05) is 30.3 Å². The average Bonchev–Trinajstić information content (AvgIpc) is 3.24. The molecule has 0 spiro atoms. The Hall–Kier alpha value is -1.15. The van der Waals surface area contributed by atoms with Gasteiger partial charge in [0.1, 0.15) is 0 Å². The Bertz CT molecular complexity index is 747. The number of sulfonamides is 1. The zero-order chi connectivity index (χ0) is 18.1. The van der Waals surface area contributed by atoms with Gasteiger partial charge < -0.3 is 10.2 Å². The second-order valence-electron chi connectivity index (χ2n) is 7.86. The van der Waals surface area contributed by atoms with Crippen LogP contribution in [0.1, 0.15) is 18.4 Å². The van der Waals surface area contributed by atoms with Crippen LogP contribution in [0.2, 0.25) is 0 Å². The third-order valence-electron chi connectivity index (χ3n) is 6.02. The molecule has 27 heavy (non-hydrogen) atoms. The Morgan fingerprint density at radius 1 is 1.07 bits per heavy atom. The molecule has 3 heterocycles. The predicted molar refractivity (Wildman–Crippen MR) is 107 cm³/mol. The summed E-state index contributed by atoms with van der Waals surface area (Å²) in [4.78, 5) is 14.9. The van der Waals surface area contributed by atoms with Gasteiger partial charge in [-0.25, -0.2) is 12.7 Å². The molecule has 1 aromatic rings. The number of rotatable bonds is 4. The first-order chi connectivity index (χ1) is 12.5. The van der Waals surface area contributed by atoms with E-state index < -0.39 is 10.0 Å². The molecular formula is C19H28ClN3O3S. The van der Waals surface area contributed by atoms with Crippen molar-refractivity contribution in [2.24, 2.45) is 17.8 Å². The van der Waals surface area contributed by atoms with Crippen molar-refractivity contribution >= 4 is 28.3 Å². The fourth-order valence-corrected chi connectivity index (χ4v) is 6.18. The summed E-state index contributed by atoms with van der Waals surface area (Å²) < 4.78 is 27.1. The van der Waals surface area contributed by atoms with Gasteiger partial charge in [0.05, 0.1) is 11.7 Å². The Kier molecular flexibility index (Phi) is 6.46. The number of hydrogen-bond donors (Lipinski definition) is 1. The lowest BCUT2D eigenvalue weighted by Crippen LogP contribution is -2.47. The van der Waals surface area contributed by atoms with E-state index in [4.69, 9.17) is 0 Å². The smallest absolute Gasteiger partial charge is 0.227 e. The molecule has 0 aliphatic carbocycles. The summed E-state index contributed by atoms with van der Waals surface area (Å²) in [5.41, 5.74) is 0.792. The molecule has 4 rings (SSSR count). The molecule has 1 unspecified atom stereocenters. The fraction of sp³-hybridized carbons (Fsp3) is 0.632. The number of carbonyl (C=O) groups excluding carboxylic acids is 1. The highest BCUT2D eigenvalue weighted by atomic mass is 35.5. The lowest BCUT2D eigenvalue weighted by Gasteiger charge is -2.33. The summed E-state index contributed by atoms with van der Waals surface area (Å²) in [6.45, 7) is 4.49. The number of halogens is 1. The van der Waals surface area contributed by atoms with Gasteiger partial charge in [0.25, 0.3) is 0 Å². The van der Waals surface area contributed by atoms with Gasteiger partial charge in [0.2, 0.25) is 15.9 Å². The average molecular weight is 414 g/mol. The number of amides is 1. The van der Waals surface area contributed by atoms with Crippen molar-refractivity contribution in [3.05, 3.63) is 35.9 Å². The molecule has 3 aliphatic heterocycles. The first kappa shape index (κ1) is 20.6. The Labute approximate surface area is 167 Å². The van der Waals surface area contributed by atoms with Crippen molar-refractivity contribution in [1.29, 1.82) is 0 Å². The van der Waals surface area contributed by atoms with E-state index >= 15 is 0 Å². The van der Waals surface area contributed by atoms with Crippen LogP contribution >= 0.6 is 12.4 Å². The van der Waals surface area contributed by atoms with Gasteiger partial charge in [-0.2, -0.15) is 0 Å². The van der Waals surface area contributed by atoms with Crippen LogP contribution < -0.4 is 5.32 Å². The second kappa shape index (κ2) is 8.47. The van der Waals surface area contributed by atoms with Crippen molar-refractivity contribution in [3.8, 4) is 0 Å². The Morgan fingerprint density at radius 2 is 1.74 bits per heavy atom. The largest absolute Gasteiger partial charge is 0.342 e. The molecule has 0 aromatic heterocycles. The van der Waals surface area contributed by atoms with Gasteiger partial charge in [-0.15, -0.1) is 12.4 Å². The summed E-state index contributed by atoms with van der Waals surface area (Å²) in [7, 11) is -3.39. The minimum absolute atomic E-state index is 0. The number of piperidine rings is 1. The molecule has 3 saturated heterocycles. The van der Waals surface area contributed by atoms with Gasteiger partial charge in [0, 0.05) is 39.3 Å². The number of hydrogen-bond acceptors (Lipinski definition) is 4. The van der Waals surface area contributed by atoms with E-state index in [9.17, 15) is 13.2 Å². The SMILES string of the molecule is Cl.O=C(C1CCCN(S(=O)(=O)Cc2ccccc2)C1)N1C[C@H]2CNC[C@H]2C1. The molecule has 0 radical (unpaired) electrons. The molecule has 8 heteroatoms. The maximum atomic E-state index is 12.9. The molecule has 0 bridgehead atoms. The van der Waals surface area contributed by atoms with Gasteiger partial charge >= 0.3 is 0 Å². The van der Waals surface area contributed by atoms with Crippen molar-refractivity contribution in [2.75, 3.05) is 39.3 Å². The second-order valence-corrected chi connectivity index (χ2v) is 9.83. The monoisotopic (exact) mass is 413 g/mol. The highest BCUT2D eigenvalue weighted by Gasteiger charge is 2.41. The maximum Gasteiger partial charge on any atom is 0.227 e. The van der Waals surface area contributed by atoms with Crippen LogP contribution in [0, 0.1) is 17.8 Å². The minimum atomic E-state index is -3.39. The predicted octanol–water partition coefficient (Wildman–Crippen LogP) is 1.33. The lowest BCUT2D eigenvalue weighted by atomic mass is 9.98. The summed E-state index contributed by atoms with van der Waals surface area (Å²) in [6, 6.07) is 9.26. The Balaban J connectivity index is 0.00000210. The summed E-state index contributed by atoms with van der Waals surface area (Å²) in [6.07, 6.45) is 1.55. The van der Waals surface area contributed by atoms with E-state index in [0.717, 1.165) is 44.6 Å². The van der Waals surface area contributed by atoms with Crippen molar-refractivity contribution in [2.45, 2.75) is 18.6 Å². The number of likely N-dealkylation sites (tertiary alicyclic amines) is 1. The van der Waals surface area contributed by atoms with E-state index in [1.807, 2.05) is 35.2 Å². The Morgan fingerprint density at radius 3 is 2.41 bits per heavy atom. The van der Waals surface area contributed by atoms with Crippen LogP contribution in [-0.2, 0) is 20.6 Å². The third kappa shape index (κ3) is 4.47. The van der Waals surface area contributed by atoms with Gasteiger partial charge in [-0.3, -0.25) is 4.79 Å². The zero-order valence-electron chi connectivity index (χ0n) is 15.4. The first-order valence-electron chi connectivity index (χ1n) is 9.54. The number of fused-ring (bicyclic) bond motifs is 1. The van der Waals surface area contributed by atoms with E-state index in [2.05, 4.69) is 5.32 Å².